The van der Waals surface area contributed by atoms with Crippen LogP contribution in [0.15, 0.2) is 116 Å². The molecule has 2 aromatic heterocycles. The Balaban J connectivity index is 1.67. The minimum atomic E-state index is -0.0875. The summed E-state index contributed by atoms with van der Waals surface area (Å²) in [5.74, 6) is 0. The second-order valence-corrected chi connectivity index (χ2v) is 11.5. The first kappa shape index (κ1) is 28.1. The van der Waals surface area contributed by atoms with E-state index < -0.39 is 0 Å². The van der Waals surface area contributed by atoms with Crippen LogP contribution < -0.4 is 10.5 Å². The molecule has 0 spiro atoms. The van der Waals surface area contributed by atoms with Crippen LogP contribution in [0.4, 0.5) is 5.69 Å². The van der Waals surface area contributed by atoms with Crippen molar-refractivity contribution >= 4 is 78.7 Å². The van der Waals surface area contributed by atoms with Crippen molar-refractivity contribution in [1.82, 2.24) is 4.40 Å². The van der Waals surface area contributed by atoms with Crippen LogP contribution in [-0.4, -0.2) is 18.0 Å². The number of rotatable bonds is 8. The van der Waals surface area contributed by atoms with Crippen molar-refractivity contribution < 1.29 is 0 Å². The summed E-state index contributed by atoms with van der Waals surface area (Å²) in [5.41, 5.74) is 8.54. The van der Waals surface area contributed by atoms with Crippen LogP contribution in [0.25, 0.3) is 84.2 Å². The summed E-state index contributed by atoms with van der Waals surface area (Å²) in [6, 6.07) is 25.8. The molecule has 218 valence electrons. The molecule has 0 saturated heterocycles. The largest absolute Gasteiger partial charge is 0.371 e. The van der Waals surface area contributed by atoms with E-state index >= 15 is 0 Å². The summed E-state index contributed by atoms with van der Waals surface area (Å²) >= 11 is 0. The number of nitrogens with zero attached hydrogens (tertiary/aromatic N) is 2. The number of hydrogen-bond donors (Lipinski definition) is 0. The summed E-state index contributed by atoms with van der Waals surface area (Å²) in [7, 11) is 2.09. The topological polar surface area (TPSA) is 24.7 Å². The molecule has 3 nitrogen and oxygen atoms in total. The maximum absolute atomic E-state index is 14.1. The number of fused-ring (bicyclic) bond motifs is 6. The molecule has 3 heteroatoms. The van der Waals surface area contributed by atoms with Crippen LogP contribution >= 0.6 is 0 Å². The van der Waals surface area contributed by atoms with E-state index in [1.54, 1.807) is 12.2 Å². The van der Waals surface area contributed by atoms with Crippen molar-refractivity contribution in [2.45, 2.75) is 6.92 Å². The molecule has 45 heavy (non-hydrogen) atoms. The molecule has 7 aromatic rings. The average molecular weight is 583 g/mol. The zero-order chi connectivity index (χ0) is 31.4. The van der Waals surface area contributed by atoms with Gasteiger partial charge >= 0.3 is 0 Å². The molecule has 0 atom stereocenters. The molecule has 0 unspecified atom stereocenters. The Bertz CT molecular complexity index is 2470. The molecule has 0 aliphatic carbocycles. The third-order valence-electron chi connectivity index (χ3n) is 9.09. The zero-order valence-electron chi connectivity index (χ0n) is 25.7. The van der Waals surface area contributed by atoms with Crippen molar-refractivity contribution in [3.05, 3.63) is 144 Å². The van der Waals surface area contributed by atoms with Gasteiger partial charge in [-0.3, -0.25) is 9.20 Å². The lowest BCUT2D eigenvalue weighted by molar-refractivity contribution is 1.04. The maximum Gasteiger partial charge on any atom is 0.263 e. The van der Waals surface area contributed by atoms with E-state index in [1.807, 2.05) is 29.5 Å². The van der Waals surface area contributed by atoms with Gasteiger partial charge in [0.05, 0.1) is 11.0 Å². The zero-order valence-corrected chi connectivity index (χ0v) is 25.7. The Labute approximate surface area is 263 Å². The number of likely N-dealkylation sites (N-methyl/N-ethyl adjacent to an activating group) is 1. The number of pyridine rings is 1. The molecule has 0 aliphatic rings. The van der Waals surface area contributed by atoms with E-state index in [-0.39, 0.29) is 5.56 Å². The van der Waals surface area contributed by atoms with E-state index in [1.165, 1.54) is 10.8 Å². The smallest absolute Gasteiger partial charge is 0.263 e. The van der Waals surface area contributed by atoms with Crippen LogP contribution in [-0.2, 0) is 0 Å². The van der Waals surface area contributed by atoms with E-state index in [0.717, 1.165) is 71.5 Å². The van der Waals surface area contributed by atoms with Gasteiger partial charge in [0, 0.05) is 41.0 Å². The summed E-state index contributed by atoms with van der Waals surface area (Å²) in [4.78, 5) is 16.3. The second kappa shape index (κ2) is 10.8. The van der Waals surface area contributed by atoms with Crippen LogP contribution in [0, 0.1) is 0 Å². The van der Waals surface area contributed by atoms with Gasteiger partial charge in [-0.1, -0.05) is 111 Å². The molecule has 0 amide bonds. The molecule has 5 aromatic carbocycles. The molecular formula is C42H34N2O. The number of allylic oxidation sites excluding steroid dienone is 1. The number of benzene rings is 5. The summed E-state index contributed by atoms with van der Waals surface area (Å²) < 4.78 is 1.86. The second-order valence-electron chi connectivity index (χ2n) is 11.5. The minimum absolute atomic E-state index is 0.0875. The summed E-state index contributed by atoms with van der Waals surface area (Å²) in [6.45, 7) is 19.0. The van der Waals surface area contributed by atoms with Gasteiger partial charge in [0.2, 0.25) is 0 Å². The fourth-order valence-corrected chi connectivity index (χ4v) is 7.13. The first-order valence-electron chi connectivity index (χ1n) is 15.2. The van der Waals surface area contributed by atoms with Crippen molar-refractivity contribution in [2.24, 2.45) is 0 Å². The molecular weight excluding hydrogens is 548 g/mol. The highest BCUT2D eigenvalue weighted by Crippen LogP contribution is 2.44. The van der Waals surface area contributed by atoms with Crippen molar-refractivity contribution in [3.63, 3.8) is 0 Å². The fraction of sp³-hybridized carbons (Fsp3) is 0.0714. The van der Waals surface area contributed by atoms with Gasteiger partial charge in [0.15, 0.2) is 0 Å². The highest BCUT2D eigenvalue weighted by atomic mass is 16.1. The van der Waals surface area contributed by atoms with Gasteiger partial charge in [0.1, 0.15) is 0 Å². The highest BCUT2D eigenvalue weighted by Gasteiger charge is 2.21. The number of para-hydroxylation sites is 1. The Morgan fingerprint density at radius 2 is 1.40 bits per heavy atom. The van der Waals surface area contributed by atoms with Gasteiger partial charge in [-0.05, 0) is 74.5 Å². The maximum atomic E-state index is 14.1. The van der Waals surface area contributed by atoms with Gasteiger partial charge < -0.3 is 4.90 Å². The summed E-state index contributed by atoms with van der Waals surface area (Å²) in [5, 5.41) is 7.71. The van der Waals surface area contributed by atoms with E-state index in [9.17, 15) is 4.79 Å². The lowest BCUT2D eigenvalue weighted by atomic mass is 9.86. The fourth-order valence-electron chi connectivity index (χ4n) is 7.13. The summed E-state index contributed by atoms with van der Waals surface area (Å²) in [6.07, 6.45) is 11.6. The Hall–Kier alpha value is -5.67. The van der Waals surface area contributed by atoms with Gasteiger partial charge in [-0.25, -0.2) is 0 Å². The molecule has 0 radical (unpaired) electrons. The third-order valence-corrected chi connectivity index (χ3v) is 9.09. The van der Waals surface area contributed by atoms with Gasteiger partial charge in [-0.15, -0.1) is 6.58 Å². The van der Waals surface area contributed by atoms with E-state index in [0.29, 0.717) is 12.1 Å². The van der Waals surface area contributed by atoms with Crippen LogP contribution in [0.3, 0.4) is 0 Å². The Kier molecular flexibility index (Phi) is 6.75. The quantitative estimate of drug-likeness (QED) is 0.132. The van der Waals surface area contributed by atoms with E-state index in [4.69, 9.17) is 0 Å². The average Bonchev–Trinajstić information content (AvgIpc) is 3.40. The number of anilines is 1. The van der Waals surface area contributed by atoms with Gasteiger partial charge in [0.25, 0.3) is 5.56 Å². The molecule has 0 bridgehead atoms. The monoisotopic (exact) mass is 582 g/mol. The van der Waals surface area contributed by atoms with Crippen LogP contribution in [0.2, 0.25) is 0 Å². The molecule has 0 saturated carbocycles. The molecule has 0 fully saturated rings. The van der Waals surface area contributed by atoms with Crippen LogP contribution in [0.1, 0.15) is 29.2 Å². The number of aromatic nitrogens is 1. The lowest BCUT2D eigenvalue weighted by Gasteiger charge is -2.23. The van der Waals surface area contributed by atoms with Gasteiger partial charge in [-0.2, -0.15) is 0 Å². The highest BCUT2D eigenvalue weighted by molar-refractivity contribution is 6.22. The molecule has 0 aliphatic heterocycles. The SMILES string of the molecule is C=CCN(C)c1cc(-c2ccc3c4cccc5c(C=C)c(C=C)c(=O)n(c3c2)c54)c2c(c1)c(C=C)c(/C=C\C)c1ccccc12. The molecule has 2 heterocycles. The third kappa shape index (κ3) is 4.01. The Morgan fingerprint density at radius 3 is 2.11 bits per heavy atom. The van der Waals surface area contributed by atoms with Crippen molar-refractivity contribution in [3.8, 4) is 11.1 Å². The molecule has 0 N–H and O–H groups in total. The standard InChI is InChI=1S/C42H34N2O/c1-7-15-31-29(10-4)38-25-27(43(6)22-8-2)24-37(40(38)34-17-13-12-16-32(31)34)26-20-21-33-36-19-14-18-35-28(9-3)30(11-5)42(45)44(41(35)36)39(33)23-26/h7-21,23-25H,2-5,22H2,1,6H3/b15-7-. The Morgan fingerprint density at radius 1 is 0.711 bits per heavy atom. The lowest BCUT2D eigenvalue weighted by Crippen LogP contribution is -2.17. The van der Waals surface area contributed by atoms with Crippen LogP contribution in [0.5, 0.6) is 0 Å². The predicted octanol–water partition coefficient (Wildman–Crippen LogP) is 10.6. The van der Waals surface area contributed by atoms with Crippen molar-refractivity contribution in [2.75, 3.05) is 18.5 Å². The normalized spacial score (nSPS) is 11.8. The van der Waals surface area contributed by atoms with E-state index in [2.05, 4.69) is 117 Å². The first-order valence-corrected chi connectivity index (χ1v) is 15.2. The number of hydrogen-bond acceptors (Lipinski definition) is 2. The molecule has 7 rings (SSSR count). The minimum Gasteiger partial charge on any atom is -0.371 e. The van der Waals surface area contributed by atoms with Crippen molar-refractivity contribution in [1.29, 1.82) is 0 Å². The predicted molar refractivity (Wildman–Crippen MR) is 199 cm³/mol. The first-order chi connectivity index (χ1) is 22.0.